The van der Waals surface area contributed by atoms with Gasteiger partial charge in [0.15, 0.2) is 0 Å². The molecule has 1 aliphatic heterocycles. The van der Waals surface area contributed by atoms with E-state index >= 15 is 0 Å². The predicted molar refractivity (Wildman–Crippen MR) is 319 cm³/mol. The Hall–Kier alpha value is -8.31. The van der Waals surface area contributed by atoms with E-state index < -0.39 is 0 Å². The number of benzene rings is 9. The number of imidazole rings is 1. The van der Waals surface area contributed by atoms with Crippen molar-refractivity contribution in [3.05, 3.63) is 223 Å². The van der Waals surface area contributed by atoms with Crippen LogP contribution >= 0.6 is 0 Å². The first kappa shape index (κ1) is 50.2. The van der Waals surface area contributed by atoms with E-state index in [0.717, 1.165) is 99.8 Å². The molecule has 0 radical (unpaired) electrons. The number of rotatable bonds is 5. The number of para-hydroxylation sites is 3. The van der Waals surface area contributed by atoms with E-state index in [1.807, 2.05) is 36.5 Å². The SMILES string of the molecule is CC(C)(C)c1ccnc(-n2c3[c-]c(Oc4[c-]c(-n5[c-][n+]6c7c(cc(-c8ccc9oc%10ccccc%10c9c8)cc75)-c5ccccc5-c5ccc(C(C)(C)C)cc5-c5cccc(C(C)(C)C)c5-6)ccc4)ccc3c3ccccc32)c1.[Pt]. The van der Waals surface area contributed by atoms with Crippen molar-refractivity contribution in [3.8, 4) is 73.2 Å². The largest absolute Gasteiger partial charge is 0.510 e. The fourth-order valence-electron chi connectivity index (χ4n) is 11.8. The number of aromatic nitrogens is 4. The van der Waals surface area contributed by atoms with Crippen LogP contribution in [-0.2, 0) is 37.3 Å². The Labute approximate surface area is 475 Å². The van der Waals surface area contributed by atoms with Crippen molar-refractivity contribution in [1.82, 2.24) is 14.1 Å². The average Bonchev–Trinajstić information content (AvgIpc) is 4.18. The summed E-state index contributed by atoms with van der Waals surface area (Å²) in [6.45, 7) is 20.5. The molecule has 5 heterocycles. The Kier molecular flexibility index (Phi) is 11.7. The maximum atomic E-state index is 6.87. The number of ether oxygens (including phenoxy) is 1. The second kappa shape index (κ2) is 18.4. The zero-order chi connectivity index (χ0) is 53.4. The van der Waals surface area contributed by atoms with Gasteiger partial charge in [0.1, 0.15) is 17.0 Å². The van der Waals surface area contributed by atoms with Gasteiger partial charge in [0, 0.05) is 55.1 Å². The molecule has 79 heavy (non-hydrogen) atoms. The topological polar surface area (TPSA) is 49.0 Å². The third kappa shape index (κ3) is 8.34. The third-order valence-corrected chi connectivity index (χ3v) is 15.8. The van der Waals surface area contributed by atoms with E-state index in [0.29, 0.717) is 11.5 Å². The Bertz CT molecular complexity index is 4610. The van der Waals surface area contributed by atoms with Crippen LogP contribution in [0.2, 0.25) is 0 Å². The molecule has 6 nitrogen and oxygen atoms in total. The van der Waals surface area contributed by atoms with Crippen LogP contribution in [0.1, 0.15) is 79.0 Å². The van der Waals surface area contributed by atoms with Crippen LogP contribution < -0.4 is 9.30 Å². The van der Waals surface area contributed by atoms with Gasteiger partial charge < -0.3 is 18.3 Å². The first-order chi connectivity index (χ1) is 37.5. The van der Waals surface area contributed by atoms with Crippen molar-refractivity contribution >= 4 is 54.8 Å². The number of furan rings is 1. The van der Waals surface area contributed by atoms with Gasteiger partial charge in [-0.25, -0.2) is 4.98 Å². The Morgan fingerprint density at radius 3 is 1.96 bits per heavy atom. The van der Waals surface area contributed by atoms with Crippen molar-refractivity contribution < 1.29 is 34.8 Å². The molecule has 7 heteroatoms. The standard InChI is InChI=1S/C72H58N4O2.Pt/c1-70(2,3)46-29-31-53-51-20-10-11-21-52(51)60-37-45(44-28-33-66-59(36-44)56-23-13-15-27-65(56)78-66)38-64-69(60)75(68-57(58(53)39-46)24-17-25-61(68)72(7,8)9)43-74(64)48-18-16-19-49(41-48)77-50-30-32-55-54-22-12-14-26-62(54)76(63(55)42-50)67-40-47(34-35-73-67)71(4,5)6;/h10-40H,1-9H3;/q-2;. The smallest absolute Gasteiger partial charge is 0.268 e. The molecule has 13 aromatic rings. The van der Waals surface area contributed by atoms with Crippen LogP contribution in [0.3, 0.4) is 0 Å². The molecule has 0 unspecified atom stereocenters. The zero-order valence-electron chi connectivity index (χ0n) is 45.8. The second-order valence-electron chi connectivity index (χ2n) is 24.1. The summed E-state index contributed by atoms with van der Waals surface area (Å²) in [6.07, 6.45) is 5.94. The van der Waals surface area contributed by atoms with Gasteiger partial charge in [-0.15, -0.1) is 29.7 Å². The molecule has 0 spiro atoms. The van der Waals surface area contributed by atoms with Crippen LogP contribution in [0.25, 0.3) is 116 Å². The van der Waals surface area contributed by atoms with Gasteiger partial charge in [-0.05, 0) is 131 Å². The first-order valence-electron chi connectivity index (χ1n) is 27.0. The fraction of sp³-hybridized carbons (Fsp3) is 0.167. The number of hydrogen-bond donors (Lipinski definition) is 0. The van der Waals surface area contributed by atoms with Crippen LogP contribution in [-0.4, -0.2) is 14.1 Å². The van der Waals surface area contributed by atoms with Gasteiger partial charge in [0.25, 0.3) is 6.33 Å². The molecule has 0 fully saturated rings. The first-order valence-corrected chi connectivity index (χ1v) is 27.0. The average molecular weight is 1210 g/mol. The van der Waals surface area contributed by atoms with E-state index in [9.17, 15) is 0 Å². The molecule has 0 amide bonds. The summed E-state index contributed by atoms with van der Waals surface area (Å²) >= 11 is 0. The van der Waals surface area contributed by atoms with Crippen LogP contribution in [0.15, 0.2) is 193 Å². The number of fused-ring (bicyclic) bond motifs is 13. The molecule has 0 saturated heterocycles. The Morgan fingerprint density at radius 2 is 1.16 bits per heavy atom. The zero-order valence-corrected chi connectivity index (χ0v) is 48.1. The van der Waals surface area contributed by atoms with Crippen molar-refractivity contribution in [2.75, 3.05) is 0 Å². The number of pyridine rings is 1. The minimum Gasteiger partial charge on any atom is -0.510 e. The maximum absolute atomic E-state index is 6.87. The third-order valence-electron chi connectivity index (χ3n) is 15.8. The second-order valence-corrected chi connectivity index (χ2v) is 24.1. The number of nitrogens with zero attached hydrogens (tertiary/aromatic N) is 4. The predicted octanol–water partition coefficient (Wildman–Crippen LogP) is 18.4. The molecule has 1 aliphatic rings. The molecular weight excluding hydrogens is 1150 g/mol. The van der Waals surface area contributed by atoms with E-state index in [4.69, 9.17) is 14.1 Å². The Balaban J connectivity index is 0.00000591. The van der Waals surface area contributed by atoms with E-state index in [-0.39, 0.29) is 37.3 Å². The fourth-order valence-corrected chi connectivity index (χ4v) is 11.8. The van der Waals surface area contributed by atoms with E-state index in [1.165, 1.54) is 33.4 Å². The van der Waals surface area contributed by atoms with E-state index in [1.54, 1.807) is 0 Å². The van der Waals surface area contributed by atoms with Crippen LogP contribution in [0.4, 0.5) is 0 Å². The summed E-state index contributed by atoms with van der Waals surface area (Å²) in [6, 6.07) is 72.9. The maximum Gasteiger partial charge on any atom is 0.268 e. The van der Waals surface area contributed by atoms with Crippen LogP contribution in [0, 0.1) is 18.5 Å². The quantitative estimate of drug-likeness (QED) is 0.127. The van der Waals surface area contributed by atoms with Gasteiger partial charge >= 0.3 is 0 Å². The Morgan fingerprint density at radius 1 is 0.481 bits per heavy atom. The summed E-state index contributed by atoms with van der Waals surface area (Å²) in [4.78, 5) is 4.92. The molecule has 0 aliphatic carbocycles. The van der Waals surface area contributed by atoms with Crippen molar-refractivity contribution in [1.29, 1.82) is 0 Å². The molecular formula is C72H58N4O2Pt-2. The molecule has 9 aromatic carbocycles. The van der Waals surface area contributed by atoms with Gasteiger partial charge in [0.2, 0.25) is 0 Å². The van der Waals surface area contributed by atoms with Crippen LogP contribution in [0.5, 0.6) is 11.5 Å². The minimum atomic E-state index is -0.235. The monoisotopic (exact) mass is 1210 g/mol. The van der Waals surface area contributed by atoms with Gasteiger partial charge in [-0.3, -0.25) is 4.57 Å². The minimum absolute atomic E-state index is 0. The molecule has 0 N–H and O–H groups in total. The summed E-state index contributed by atoms with van der Waals surface area (Å²) < 4.78 is 20.0. The molecule has 0 atom stereocenters. The summed E-state index contributed by atoms with van der Waals surface area (Å²) in [7, 11) is 0. The van der Waals surface area contributed by atoms with Gasteiger partial charge in [-0.2, -0.15) is 18.2 Å². The van der Waals surface area contributed by atoms with Crippen molar-refractivity contribution in [2.24, 2.45) is 0 Å². The summed E-state index contributed by atoms with van der Waals surface area (Å²) in [5.41, 5.74) is 20.0. The molecule has 0 bridgehead atoms. The number of hydrogen-bond acceptors (Lipinski definition) is 3. The van der Waals surface area contributed by atoms with Gasteiger partial charge in [-0.1, -0.05) is 177 Å². The summed E-state index contributed by atoms with van der Waals surface area (Å²) in [5.74, 6) is 1.97. The molecule has 390 valence electrons. The van der Waals surface area contributed by atoms with Crippen molar-refractivity contribution in [3.63, 3.8) is 0 Å². The molecule has 14 rings (SSSR count). The van der Waals surface area contributed by atoms with Crippen molar-refractivity contribution in [2.45, 2.75) is 78.6 Å². The molecule has 4 aromatic heterocycles. The van der Waals surface area contributed by atoms with Gasteiger partial charge in [0.05, 0.1) is 16.7 Å². The molecule has 0 saturated carbocycles. The normalized spacial score (nSPS) is 12.5. The summed E-state index contributed by atoms with van der Waals surface area (Å²) in [5, 5.41) is 4.37. The van der Waals surface area contributed by atoms with E-state index in [2.05, 4.69) is 246 Å².